The molecule has 0 aliphatic carbocycles. The second-order valence-corrected chi connectivity index (χ2v) is 11.5. The molecule has 3 aliphatic heterocycles. The molecule has 2 aromatic carbocycles. The number of aromatic nitrogens is 3. The number of nitrogens with one attached hydrogen (secondary N) is 1. The molecular weight excluding hydrogens is 507 g/mol. The maximum atomic E-state index is 16.4. The van der Waals surface area contributed by atoms with E-state index >= 15 is 4.39 Å². The van der Waals surface area contributed by atoms with E-state index in [-0.39, 0.29) is 23.0 Å². The largest absolute Gasteiger partial charge is 0.508 e. The first kappa shape index (κ1) is 25.4. The van der Waals surface area contributed by atoms with Crippen LogP contribution in [-0.2, 0) is 0 Å². The van der Waals surface area contributed by atoms with E-state index in [4.69, 9.17) is 9.72 Å². The van der Waals surface area contributed by atoms with E-state index in [2.05, 4.69) is 32.1 Å². The maximum absolute atomic E-state index is 16.4. The minimum atomic E-state index is -0.535. The van der Waals surface area contributed by atoms with E-state index in [1.54, 1.807) is 18.3 Å². The Bertz CT molecular complexity index is 1550. The molecule has 0 radical (unpaired) electrons. The highest BCUT2D eigenvalue weighted by molar-refractivity contribution is 5.99. The fraction of sp³-hybridized carbons (Fsp3) is 0.452. The van der Waals surface area contributed by atoms with Gasteiger partial charge in [-0.3, -0.25) is 4.98 Å². The van der Waals surface area contributed by atoms with Crippen LogP contribution in [-0.4, -0.2) is 76.4 Å². The zero-order valence-corrected chi connectivity index (χ0v) is 22.8. The molecule has 9 heteroatoms. The third-order valence-electron chi connectivity index (χ3n) is 8.85. The highest BCUT2D eigenvalue weighted by atomic mass is 19.1. The molecule has 2 bridgehead atoms. The van der Waals surface area contributed by atoms with Gasteiger partial charge in [-0.25, -0.2) is 4.39 Å². The zero-order valence-electron chi connectivity index (χ0n) is 22.8. The van der Waals surface area contributed by atoms with Crippen molar-refractivity contribution in [3.05, 3.63) is 48.4 Å². The van der Waals surface area contributed by atoms with Crippen molar-refractivity contribution in [1.82, 2.24) is 25.2 Å². The lowest BCUT2D eigenvalue weighted by Gasteiger charge is -2.34. The Morgan fingerprint density at radius 3 is 2.70 bits per heavy atom. The van der Waals surface area contributed by atoms with Crippen LogP contribution in [0.15, 0.2) is 42.6 Å². The Kier molecular flexibility index (Phi) is 6.64. The predicted molar refractivity (Wildman–Crippen MR) is 154 cm³/mol. The second kappa shape index (κ2) is 10.4. The van der Waals surface area contributed by atoms with E-state index in [0.29, 0.717) is 41.5 Å². The summed E-state index contributed by atoms with van der Waals surface area (Å²) in [6.07, 6.45) is 8.35. The van der Waals surface area contributed by atoms with Crippen molar-refractivity contribution in [2.45, 2.75) is 56.7 Å². The van der Waals surface area contributed by atoms with Crippen molar-refractivity contribution in [2.24, 2.45) is 0 Å². The predicted octanol–water partition coefficient (Wildman–Crippen LogP) is 4.88. The van der Waals surface area contributed by atoms with E-state index in [1.807, 2.05) is 24.3 Å². The number of aromatic hydroxyl groups is 1. The molecule has 2 N–H and O–H groups in total. The molecule has 3 aliphatic rings. The van der Waals surface area contributed by atoms with E-state index in [1.165, 1.54) is 12.8 Å². The molecule has 4 aromatic rings. The number of anilines is 1. The van der Waals surface area contributed by atoms with Crippen LogP contribution < -0.4 is 15.0 Å². The number of ether oxygens (including phenoxy) is 1. The summed E-state index contributed by atoms with van der Waals surface area (Å²) in [5, 5.41) is 16.3. The van der Waals surface area contributed by atoms with Gasteiger partial charge in [-0.05, 0) is 75.0 Å². The van der Waals surface area contributed by atoms with Gasteiger partial charge in [0.2, 0.25) is 0 Å². The van der Waals surface area contributed by atoms with Crippen LogP contribution in [0.5, 0.6) is 11.8 Å². The molecule has 5 heterocycles. The highest BCUT2D eigenvalue weighted by Gasteiger charge is 2.34. The topological polar surface area (TPSA) is 86.6 Å². The first-order valence-corrected chi connectivity index (χ1v) is 14.5. The number of likely N-dealkylation sites (tertiary alicyclic amines) is 1. The number of hydrogen-bond donors (Lipinski definition) is 2. The minimum Gasteiger partial charge on any atom is -0.508 e. The molecule has 40 heavy (non-hydrogen) atoms. The van der Waals surface area contributed by atoms with Crippen molar-refractivity contribution in [1.29, 1.82) is 0 Å². The smallest absolute Gasteiger partial charge is 0.319 e. The summed E-state index contributed by atoms with van der Waals surface area (Å²) in [6, 6.07) is 12.4. The number of rotatable bonds is 7. The minimum absolute atomic E-state index is 0.0617. The van der Waals surface area contributed by atoms with Gasteiger partial charge in [-0.2, -0.15) is 9.97 Å². The Morgan fingerprint density at radius 1 is 1.07 bits per heavy atom. The van der Waals surface area contributed by atoms with Crippen molar-refractivity contribution < 1.29 is 14.2 Å². The summed E-state index contributed by atoms with van der Waals surface area (Å²) >= 11 is 0. The number of hydrogen-bond acceptors (Lipinski definition) is 8. The molecule has 3 saturated heterocycles. The lowest BCUT2D eigenvalue weighted by Crippen LogP contribution is -2.51. The number of nitrogens with zero attached hydrogens (tertiary/aromatic N) is 5. The van der Waals surface area contributed by atoms with Gasteiger partial charge in [-0.1, -0.05) is 24.3 Å². The van der Waals surface area contributed by atoms with Gasteiger partial charge >= 0.3 is 6.01 Å². The molecule has 7 rings (SSSR count). The maximum Gasteiger partial charge on any atom is 0.319 e. The summed E-state index contributed by atoms with van der Waals surface area (Å²) in [7, 11) is 2.18. The summed E-state index contributed by atoms with van der Waals surface area (Å²) in [6.45, 7) is 3.24. The van der Waals surface area contributed by atoms with Gasteiger partial charge in [-0.15, -0.1) is 0 Å². The Morgan fingerprint density at radius 2 is 1.90 bits per heavy atom. The SMILES string of the molecule is CN1CCC[C@H]1CCCOc1nc(N2CC3CCC(C2)N3)c2cnc(-c3cc(O)cc4ccccc34)c(F)c2n1. The summed E-state index contributed by atoms with van der Waals surface area (Å²) < 4.78 is 22.5. The molecule has 3 fully saturated rings. The van der Waals surface area contributed by atoms with Crippen LogP contribution in [0.25, 0.3) is 32.9 Å². The van der Waals surface area contributed by atoms with Crippen LogP contribution in [0.1, 0.15) is 38.5 Å². The first-order chi connectivity index (χ1) is 19.5. The first-order valence-electron chi connectivity index (χ1n) is 14.5. The van der Waals surface area contributed by atoms with Gasteiger partial charge in [0.25, 0.3) is 0 Å². The molecule has 3 atom stereocenters. The Balaban J connectivity index is 1.27. The van der Waals surface area contributed by atoms with Gasteiger partial charge in [0.05, 0.1) is 12.0 Å². The van der Waals surface area contributed by atoms with Gasteiger partial charge < -0.3 is 25.0 Å². The average molecular weight is 543 g/mol. The van der Waals surface area contributed by atoms with Gasteiger partial charge in [0.1, 0.15) is 22.8 Å². The molecule has 2 aromatic heterocycles. The van der Waals surface area contributed by atoms with Crippen molar-refractivity contribution in [2.75, 3.05) is 38.2 Å². The van der Waals surface area contributed by atoms with Crippen LogP contribution >= 0.6 is 0 Å². The fourth-order valence-corrected chi connectivity index (χ4v) is 6.80. The second-order valence-electron chi connectivity index (χ2n) is 11.5. The number of benzene rings is 2. The number of phenolic OH excluding ortho intramolecular Hbond substituents is 1. The highest BCUT2D eigenvalue weighted by Crippen LogP contribution is 2.37. The van der Waals surface area contributed by atoms with Crippen LogP contribution in [0, 0.1) is 5.82 Å². The number of pyridine rings is 1. The lowest BCUT2D eigenvalue weighted by atomic mass is 10.0. The fourth-order valence-electron chi connectivity index (χ4n) is 6.80. The molecule has 208 valence electrons. The van der Waals surface area contributed by atoms with E-state index in [0.717, 1.165) is 56.1 Å². The molecular formula is C31H35FN6O2. The summed E-state index contributed by atoms with van der Waals surface area (Å²) in [5.41, 5.74) is 0.872. The normalized spacial score (nSPS) is 22.9. The number of phenols is 1. The molecule has 0 spiro atoms. The van der Waals surface area contributed by atoms with Crippen molar-refractivity contribution in [3.63, 3.8) is 0 Å². The molecule has 8 nitrogen and oxygen atoms in total. The van der Waals surface area contributed by atoms with Gasteiger partial charge in [0, 0.05) is 43.0 Å². The van der Waals surface area contributed by atoms with Crippen LogP contribution in [0.4, 0.5) is 10.2 Å². The molecule has 0 saturated carbocycles. The standard InChI is InChI=1S/C31H35FN6O2/c1-37-12-4-7-22(37)8-5-13-40-31-35-29-26(30(36-31)38-17-20-10-11-21(18-38)34-20)16-33-28(27(29)32)25-15-23(39)14-19-6-2-3-9-24(19)25/h2-3,6,9,14-16,20-22,34,39H,4-5,7-8,10-13,17-18H2,1H3/t20?,21?,22-/m0/s1. The zero-order chi connectivity index (χ0) is 27.2. The number of halogens is 1. The van der Waals surface area contributed by atoms with Crippen LogP contribution in [0.3, 0.4) is 0 Å². The summed E-state index contributed by atoms with van der Waals surface area (Å²) in [5.74, 6) is 0.201. The van der Waals surface area contributed by atoms with Crippen molar-refractivity contribution in [3.8, 4) is 23.0 Å². The third kappa shape index (κ3) is 4.71. The quantitative estimate of drug-likeness (QED) is 0.320. The average Bonchev–Trinajstić information content (AvgIpc) is 3.53. The monoisotopic (exact) mass is 542 g/mol. The van der Waals surface area contributed by atoms with Crippen molar-refractivity contribution >= 4 is 27.5 Å². The van der Waals surface area contributed by atoms with Gasteiger partial charge in [0.15, 0.2) is 5.82 Å². The molecule has 0 amide bonds. The van der Waals surface area contributed by atoms with E-state index < -0.39 is 5.82 Å². The molecule has 2 unspecified atom stereocenters. The Hall–Kier alpha value is -3.56. The van der Waals surface area contributed by atoms with Crippen LogP contribution in [0.2, 0.25) is 0 Å². The lowest BCUT2D eigenvalue weighted by molar-refractivity contribution is 0.245. The summed E-state index contributed by atoms with van der Waals surface area (Å²) in [4.78, 5) is 18.6. The number of fused-ring (bicyclic) bond motifs is 4. The Labute approximate surface area is 233 Å². The number of piperazine rings is 1. The van der Waals surface area contributed by atoms with E-state index in [9.17, 15) is 5.11 Å². The third-order valence-corrected chi connectivity index (χ3v) is 8.85.